The van der Waals surface area contributed by atoms with Crippen LogP contribution >= 0.6 is 0 Å². The summed E-state index contributed by atoms with van der Waals surface area (Å²) in [5, 5.41) is 60.5. The number of carbonyl (C=O) groups excluding carboxylic acids is 17. The van der Waals surface area contributed by atoms with Gasteiger partial charge in [-0.1, -0.05) is 215 Å². The molecule has 14 N–H and O–H groups in total. The van der Waals surface area contributed by atoms with Crippen LogP contribution in [0, 0.1) is 47.3 Å². The predicted molar refractivity (Wildman–Crippen MR) is 545 cm³/mol. The minimum atomic E-state index is -1.71. The normalized spacial score (nSPS) is 23.2. The number of amides is 17. The first-order valence-electron chi connectivity index (χ1n) is 51.0. The first-order valence-corrected chi connectivity index (χ1v) is 51.0. The SMILES string of the molecule is CCC(C)[C@H](NC(=O)C1CCCN1C[C@H](O)[C@H](Cc1ccccc1)NC(=O)[C@@H](CC(N)=O)NC(=O)OCc1ccccc1)C(=O)N[C@H](Cc1ccccc1)C(=O)NCCCC[C@@H]1NC(=O)[C@H](CC(C)C)N(C)C(=O)[C@H](C(C)C)NC(=O)[C@H](CC(C)C)N(C)C(=O)[C@@H](CO)N(C)C(=O)[C@H](CC)NC(=O)[C@H]([C@H](O)C(C)C)N(C)C(=O)[C@H](C(C)C)N(C)C(=O)[C@H](CC(C)C)N(C)C(=O)[C@H](CC(C)C)N(C)C(=O)[C@@H](C)NC1=O. The van der Waals surface area contributed by atoms with E-state index in [2.05, 4.69) is 47.9 Å². The van der Waals surface area contributed by atoms with E-state index in [0.717, 1.165) is 14.7 Å². The molecule has 144 heavy (non-hydrogen) atoms. The molecule has 2 fully saturated rings. The minimum Gasteiger partial charge on any atom is -0.445 e. The van der Waals surface area contributed by atoms with E-state index in [9.17, 15) is 53.7 Å². The van der Waals surface area contributed by atoms with Gasteiger partial charge in [0.1, 0.15) is 91.2 Å². The van der Waals surface area contributed by atoms with Crippen LogP contribution in [0.5, 0.6) is 0 Å². The van der Waals surface area contributed by atoms with Crippen molar-refractivity contribution in [2.75, 3.05) is 75.6 Å². The number of nitrogens with zero attached hydrogens (tertiary/aromatic N) is 8. The lowest BCUT2D eigenvalue weighted by Crippen LogP contribution is -2.64. The number of aliphatic hydroxyl groups excluding tert-OH is 3. The largest absolute Gasteiger partial charge is 0.445 e. The fraction of sp³-hybridized carbons (Fsp3) is 0.667. The van der Waals surface area contributed by atoms with Crippen molar-refractivity contribution in [2.45, 2.75) is 330 Å². The summed E-state index contributed by atoms with van der Waals surface area (Å²) < 4.78 is 5.35. The van der Waals surface area contributed by atoms with Crippen molar-refractivity contribution in [2.24, 2.45) is 53.1 Å². The summed E-state index contributed by atoms with van der Waals surface area (Å²) in [5.74, 6) is -16.3. The maximum atomic E-state index is 15.5. The maximum Gasteiger partial charge on any atom is 0.408 e. The Balaban J connectivity index is 1.54. The average Bonchev–Trinajstić information content (AvgIpc) is 0.859. The Morgan fingerprint density at radius 3 is 1.44 bits per heavy atom. The molecule has 2 unspecified atom stereocenters. The fourth-order valence-electron chi connectivity index (χ4n) is 18.2. The molecule has 804 valence electrons. The number of nitrogens with two attached hydrogens (primary N) is 1. The van der Waals surface area contributed by atoms with E-state index >= 15 is 43.2 Å². The van der Waals surface area contributed by atoms with Gasteiger partial charge in [-0.2, -0.15) is 0 Å². The van der Waals surface area contributed by atoms with Gasteiger partial charge in [-0.3, -0.25) is 81.6 Å². The molecule has 39 nitrogen and oxygen atoms in total. The lowest BCUT2D eigenvalue weighted by Gasteiger charge is -2.41. The van der Waals surface area contributed by atoms with Gasteiger partial charge < -0.3 is 108 Å². The van der Waals surface area contributed by atoms with E-state index in [0.29, 0.717) is 42.5 Å². The Hall–Kier alpha value is -11.7. The van der Waals surface area contributed by atoms with E-state index in [1.54, 1.807) is 179 Å². The molecule has 2 saturated heterocycles. The molecule has 3 aromatic rings. The molecule has 0 saturated carbocycles. The van der Waals surface area contributed by atoms with Crippen LogP contribution in [0.1, 0.15) is 218 Å². The predicted octanol–water partition coefficient (Wildman–Crippen LogP) is 3.93. The molecule has 3 aromatic carbocycles. The molecule has 2 aliphatic heterocycles. The summed E-state index contributed by atoms with van der Waals surface area (Å²) in [4.78, 5) is 261. The van der Waals surface area contributed by atoms with Crippen LogP contribution in [0.4, 0.5) is 4.79 Å². The highest BCUT2D eigenvalue weighted by Crippen LogP contribution is 2.29. The van der Waals surface area contributed by atoms with E-state index < -0.39 is 246 Å². The number of alkyl carbamates (subject to hydrolysis) is 1. The molecule has 0 aliphatic carbocycles. The van der Waals surface area contributed by atoms with Gasteiger partial charge in [0.05, 0.1) is 37.3 Å². The number of rotatable bonds is 40. The number of hydrogen-bond donors (Lipinski definition) is 13. The Morgan fingerprint density at radius 2 is 0.944 bits per heavy atom. The van der Waals surface area contributed by atoms with Crippen LogP contribution in [0.2, 0.25) is 0 Å². The summed E-state index contributed by atoms with van der Waals surface area (Å²) in [6.45, 7) is 30.0. The van der Waals surface area contributed by atoms with E-state index in [1.807, 2.05) is 34.6 Å². The molecule has 0 spiro atoms. The van der Waals surface area contributed by atoms with Gasteiger partial charge in [0, 0.05) is 68.8 Å². The number of benzene rings is 3. The monoisotopic (exact) mass is 2020 g/mol. The van der Waals surface area contributed by atoms with Gasteiger partial charge in [0.15, 0.2) is 0 Å². The Bertz CT molecular complexity index is 4720. The number of primary amides is 1. The zero-order valence-electron chi connectivity index (χ0n) is 89.5. The van der Waals surface area contributed by atoms with Crippen LogP contribution in [0.25, 0.3) is 0 Å². The van der Waals surface area contributed by atoms with Gasteiger partial charge >= 0.3 is 6.09 Å². The van der Waals surface area contributed by atoms with Crippen LogP contribution in [0.3, 0.4) is 0 Å². The molecule has 0 bridgehead atoms. The molecule has 17 amide bonds. The minimum absolute atomic E-state index is 0.00955. The zero-order valence-corrected chi connectivity index (χ0v) is 89.5. The molecule has 2 heterocycles. The second-order valence-corrected chi connectivity index (χ2v) is 41.6. The van der Waals surface area contributed by atoms with E-state index in [-0.39, 0.29) is 108 Å². The summed E-state index contributed by atoms with van der Waals surface area (Å²) >= 11 is 0. The van der Waals surface area contributed by atoms with Crippen molar-refractivity contribution in [1.29, 1.82) is 0 Å². The number of carbonyl (C=O) groups is 17. The van der Waals surface area contributed by atoms with Crippen LogP contribution in [0.15, 0.2) is 91.0 Å². The lowest BCUT2D eigenvalue weighted by atomic mass is 9.93. The molecule has 39 heteroatoms. The van der Waals surface area contributed by atoms with Crippen LogP contribution < -0.4 is 53.6 Å². The number of ether oxygens (including phenoxy) is 1. The Kier molecular flexibility index (Phi) is 50.3. The number of β-amino-alcohol motifs (C(OH)–C–C–N with tert-alkyl or cyclic N) is 1. The van der Waals surface area contributed by atoms with Crippen molar-refractivity contribution < 1.29 is 102 Å². The van der Waals surface area contributed by atoms with Gasteiger partial charge in [-0.25, -0.2) is 4.79 Å². The summed E-state index contributed by atoms with van der Waals surface area (Å²) in [6.07, 6.45) is -3.31. The van der Waals surface area contributed by atoms with Crippen LogP contribution in [-0.2, 0) is 101 Å². The molecule has 19 atom stereocenters. The molecule has 2 aliphatic rings. The third-order valence-electron chi connectivity index (χ3n) is 27.1. The van der Waals surface area contributed by atoms with Crippen molar-refractivity contribution in [1.82, 2.24) is 87.1 Å². The van der Waals surface area contributed by atoms with Crippen molar-refractivity contribution in [3.05, 3.63) is 108 Å². The van der Waals surface area contributed by atoms with Crippen molar-refractivity contribution >= 4 is 101 Å². The molecule has 5 rings (SSSR count). The first-order chi connectivity index (χ1) is 67.6. The number of likely N-dealkylation sites (tertiary alicyclic amines) is 1. The maximum absolute atomic E-state index is 15.5. The van der Waals surface area contributed by atoms with Gasteiger partial charge in [-0.05, 0) is 148 Å². The average molecular weight is 2020 g/mol. The highest BCUT2D eigenvalue weighted by Gasteiger charge is 2.48. The molecule has 0 aromatic heterocycles. The van der Waals surface area contributed by atoms with Gasteiger partial charge in [-0.15, -0.1) is 0 Å². The number of aliphatic hydroxyl groups is 3. The standard InChI is InChI=1S/C105H168N18O21/c1-26-67(17)86(115-93(131)77-47-39-49-123(77)57-83(125)74(54-69-40-31-28-32-41-69)111-92(130)76(56-84(106)126)113-105(143)144-59-71-44-35-30-36-45-71)96(134)112-75(55-70-42-33-29-34-43-70)90(128)107-48-38-37-46-73-91(129)108-68(18)98(136)118(21)80(52-62(7)8)100(138)119(22)81(53-63(9)10)101(139)121(24)87(65(13)14)104(142)122(25)88(89(127)66(15)16)97(135)109-72(27-2)99(137)120(23)82(58-124)102(140)116(19)79(51-61(5)6)95(133)114-85(64(11)12)103(141)117(20)78(50-60(3)4)94(132)110-73/h28-36,40-45,60-68,72-83,85-89,124-125,127H,26-27,37-39,46-59H2,1-25H3,(H2,106,126)(H,107,128)(H,108,129)(H,109,135)(H,110,132)(H,111,130)(H,112,134)(H,113,143)(H,114,133)(H,115,131)/t67?,68-,72+,73+,74+,75-,76-,77?,78+,79+,80+,81+,82-,83+,85+,86+,87+,88+,89-/m1/s1. The Labute approximate surface area is 851 Å². The molecule has 0 radical (unpaired) electrons. The first kappa shape index (κ1) is 123. The quantitative estimate of drug-likeness (QED) is 0.0359. The van der Waals surface area contributed by atoms with Crippen molar-refractivity contribution in [3.8, 4) is 0 Å². The topological polar surface area (TPSA) is 520 Å². The Morgan fingerprint density at radius 1 is 0.472 bits per heavy atom. The van der Waals surface area contributed by atoms with Crippen LogP contribution in [-0.4, -0.2) is 340 Å². The summed E-state index contributed by atoms with van der Waals surface area (Å²) in [5.41, 5.74) is 7.62. The van der Waals surface area contributed by atoms with E-state index in [1.165, 1.54) is 75.9 Å². The van der Waals surface area contributed by atoms with Crippen molar-refractivity contribution in [3.63, 3.8) is 0 Å². The fourth-order valence-corrected chi connectivity index (χ4v) is 18.2. The van der Waals surface area contributed by atoms with Gasteiger partial charge in [0.2, 0.25) is 94.5 Å². The second-order valence-electron chi connectivity index (χ2n) is 41.6. The lowest BCUT2D eigenvalue weighted by molar-refractivity contribution is -0.157. The zero-order chi connectivity index (χ0) is 108. The third-order valence-corrected chi connectivity index (χ3v) is 27.1. The smallest absolute Gasteiger partial charge is 0.408 e. The highest BCUT2D eigenvalue weighted by molar-refractivity contribution is 6.01. The second kappa shape index (κ2) is 59.0. The number of nitrogens with one attached hydrogen (secondary N) is 9. The number of hydrogen-bond acceptors (Lipinski definition) is 22. The molecular formula is C105H168N18O21. The van der Waals surface area contributed by atoms with E-state index in [4.69, 9.17) is 10.5 Å². The summed E-state index contributed by atoms with van der Waals surface area (Å²) in [7, 11) is 9.39. The third kappa shape index (κ3) is 36.2. The number of unbranched alkanes of at least 4 members (excludes halogenated alkanes) is 1. The number of likely N-dealkylation sites (N-methyl/N-ethyl adjacent to an activating group) is 7. The highest BCUT2D eigenvalue weighted by atomic mass is 16.5. The molecular weight excluding hydrogens is 1850 g/mol. The summed E-state index contributed by atoms with van der Waals surface area (Å²) in [6, 6.07) is 4.85. The van der Waals surface area contributed by atoms with Gasteiger partial charge in [0.25, 0.3) is 0 Å².